The van der Waals surface area contributed by atoms with Crippen molar-refractivity contribution in [2.45, 2.75) is 0 Å². The summed E-state index contributed by atoms with van der Waals surface area (Å²) in [5, 5.41) is 3.50. The van der Waals surface area contributed by atoms with Crippen LogP contribution in [0.15, 0.2) is 65.4 Å². The van der Waals surface area contributed by atoms with Crippen LogP contribution in [0.1, 0.15) is 15.9 Å². The first kappa shape index (κ1) is 14.4. The Morgan fingerprint density at radius 1 is 1.14 bits per heavy atom. The number of benzene rings is 2. The van der Waals surface area contributed by atoms with Gasteiger partial charge in [-0.25, -0.2) is 0 Å². The van der Waals surface area contributed by atoms with Crippen LogP contribution in [0.5, 0.6) is 5.75 Å². The maximum Gasteiger partial charge on any atom is 0.195 e. The Morgan fingerprint density at radius 2 is 1.81 bits per heavy atom. The van der Waals surface area contributed by atoms with Gasteiger partial charge in [-0.3, -0.25) is 4.79 Å². The lowest BCUT2D eigenvalue weighted by Crippen LogP contribution is -2.01. The molecule has 0 heterocycles. The number of Topliss-reactive ketones (excluding diaryl/α,β-unsaturated/α-hetero) is 1. The number of nitrogens with zero attached hydrogens (tertiary/aromatic N) is 3. The molecule has 0 saturated heterocycles. The number of hydrogen-bond acceptors (Lipinski definition) is 3. The van der Waals surface area contributed by atoms with E-state index in [2.05, 4.69) is 10.0 Å². The minimum Gasteiger partial charge on any atom is -0.497 e. The number of ketones is 1. The lowest BCUT2D eigenvalue weighted by atomic mass is 10.1. The Balaban J connectivity index is 2.35. The van der Waals surface area contributed by atoms with Crippen molar-refractivity contribution in [2.24, 2.45) is 5.11 Å². The van der Waals surface area contributed by atoms with Gasteiger partial charge >= 0.3 is 0 Å². The molecule has 2 aromatic rings. The van der Waals surface area contributed by atoms with Crippen LogP contribution in [0.4, 0.5) is 0 Å². The summed E-state index contributed by atoms with van der Waals surface area (Å²) in [5.41, 5.74) is 9.92. The second-order valence-electron chi connectivity index (χ2n) is 4.19. The second kappa shape index (κ2) is 6.93. The molecule has 0 radical (unpaired) electrons. The highest BCUT2D eigenvalue weighted by molar-refractivity contribution is 6.11. The lowest BCUT2D eigenvalue weighted by molar-refractivity contribution is 0.103. The number of allylic oxidation sites excluding steroid dienone is 1. The molecule has 0 aliphatic rings. The molecule has 0 saturated carbocycles. The van der Waals surface area contributed by atoms with Gasteiger partial charge in [0.05, 0.1) is 12.8 Å². The molecule has 21 heavy (non-hydrogen) atoms. The van der Waals surface area contributed by atoms with Crippen molar-refractivity contribution in [2.75, 3.05) is 7.11 Å². The van der Waals surface area contributed by atoms with Crippen molar-refractivity contribution in [3.63, 3.8) is 0 Å². The lowest BCUT2D eigenvalue weighted by Gasteiger charge is -2.03. The quantitative estimate of drug-likeness (QED) is 0.270. The fraction of sp³-hybridized carbons (Fsp3) is 0.0625. The third-order valence-electron chi connectivity index (χ3n) is 2.84. The third-order valence-corrected chi connectivity index (χ3v) is 2.84. The zero-order chi connectivity index (χ0) is 15.1. The Hall–Kier alpha value is -3.04. The monoisotopic (exact) mass is 279 g/mol. The molecule has 0 amide bonds. The van der Waals surface area contributed by atoms with E-state index in [1.165, 1.54) is 0 Å². The Kier molecular flexibility index (Phi) is 4.75. The van der Waals surface area contributed by atoms with Crippen LogP contribution in [0.25, 0.3) is 16.5 Å². The summed E-state index contributed by atoms with van der Waals surface area (Å²) in [6.45, 7) is 0. The standard InChI is InChI=1S/C16H13N3O2/c1-21-14-9-7-13(8-10-14)16(20)15(18-19-17)11-12-5-3-2-4-6-12/h2-11H,1H3. The van der Waals surface area contributed by atoms with Crippen molar-refractivity contribution in [1.29, 1.82) is 0 Å². The van der Waals surface area contributed by atoms with Crippen LogP contribution < -0.4 is 4.74 Å². The summed E-state index contributed by atoms with van der Waals surface area (Å²) < 4.78 is 5.04. The molecule has 5 heteroatoms. The van der Waals surface area contributed by atoms with Gasteiger partial charge in [0.2, 0.25) is 0 Å². The Bertz CT molecular complexity index is 700. The first-order valence-corrected chi connectivity index (χ1v) is 6.25. The summed E-state index contributed by atoms with van der Waals surface area (Å²) in [5.74, 6) is 0.322. The van der Waals surface area contributed by atoms with Crippen LogP contribution in [-0.4, -0.2) is 12.9 Å². The van der Waals surface area contributed by atoms with E-state index in [9.17, 15) is 4.79 Å². The summed E-state index contributed by atoms with van der Waals surface area (Å²) in [4.78, 5) is 15.1. The van der Waals surface area contributed by atoms with E-state index < -0.39 is 0 Å². The molecule has 0 unspecified atom stereocenters. The molecule has 2 aromatic carbocycles. The predicted molar refractivity (Wildman–Crippen MR) is 80.9 cm³/mol. The fourth-order valence-corrected chi connectivity index (χ4v) is 1.79. The van der Waals surface area contributed by atoms with Crippen LogP contribution in [-0.2, 0) is 0 Å². The van der Waals surface area contributed by atoms with Crippen molar-refractivity contribution in [3.05, 3.63) is 81.9 Å². The van der Waals surface area contributed by atoms with E-state index in [1.807, 2.05) is 30.3 Å². The number of carbonyl (C=O) groups excluding carboxylic acids is 1. The predicted octanol–water partition coefficient (Wildman–Crippen LogP) is 4.23. The largest absolute Gasteiger partial charge is 0.497 e. The highest BCUT2D eigenvalue weighted by atomic mass is 16.5. The number of azide groups is 1. The topological polar surface area (TPSA) is 75.1 Å². The van der Waals surface area contributed by atoms with Crippen LogP contribution in [0.2, 0.25) is 0 Å². The average molecular weight is 279 g/mol. The van der Waals surface area contributed by atoms with Crippen LogP contribution in [0, 0.1) is 0 Å². The highest BCUT2D eigenvalue weighted by Crippen LogP contribution is 2.17. The number of ether oxygens (including phenoxy) is 1. The summed E-state index contributed by atoms with van der Waals surface area (Å²) in [7, 11) is 1.55. The van der Waals surface area contributed by atoms with Crippen molar-refractivity contribution in [3.8, 4) is 5.75 Å². The summed E-state index contributed by atoms with van der Waals surface area (Å²) in [6, 6.07) is 15.8. The molecule has 0 aliphatic heterocycles. The summed E-state index contributed by atoms with van der Waals surface area (Å²) >= 11 is 0. The zero-order valence-electron chi connectivity index (χ0n) is 11.4. The smallest absolute Gasteiger partial charge is 0.195 e. The molecule has 0 N–H and O–H groups in total. The molecule has 0 spiro atoms. The zero-order valence-corrected chi connectivity index (χ0v) is 11.4. The van der Waals surface area contributed by atoms with Gasteiger partial charge in [-0.05, 0) is 41.4 Å². The van der Waals surface area contributed by atoms with Crippen molar-refractivity contribution < 1.29 is 9.53 Å². The fourth-order valence-electron chi connectivity index (χ4n) is 1.79. The van der Waals surface area contributed by atoms with Gasteiger partial charge in [0.15, 0.2) is 5.78 Å². The molecule has 0 fully saturated rings. The van der Waals surface area contributed by atoms with Gasteiger partial charge in [0, 0.05) is 10.5 Å². The number of carbonyl (C=O) groups is 1. The van der Waals surface area contributed by atoms with E-state index in [1.54, 1.807) is 37.5 Å². The normalized spacial score (nSPS) is 10.6. The average Bonchev–Trinajstić information content (AvgIpc) is 2.55. The van der Waals surface area contributed by atoms with Crippen LogP contribution >= 0.6 is 0 Å². The van der Waals surface area contributed by atoms with Crippen LogP contribution in [0.3, 0.4) is 0 Å². The number of hydrogen-bond donors (Lipinski definition) is 0. The van der Waals surface area contributed by atoms with E-state index >= 15 is 0 Å². The summed E-state index contributed by atoms with van der Waals surface area (Å²) in [6.07, 6.45) is 1.56. The van der Waals surface area contributed by atoms with Gasteiger partial charge in [0.1, 0.15) is 5.75 Å². The molecule has 0 bridgehead atoms. The third kappa shape index (κ3) is 3.72. The second-order valence-corrected chi connectivity index (χ2v) is 4.19. The van der Waals surface area contributed by atoms with E-state index in [0.717, 1.165) is 5.56 Å². The van der Waals surface area contributed by atoms with Gasteiger partial charge < -0.3 is 4.74 Å². The Labute approximate surface area is 122 Å². The maximum absolute atomic E-state index is 12.4. The minimum absolute atomic E-state index is 0.0499. The molecule has 5 nitrogen and oxygen atoms in total. The minimum atomic E-state index is -0.334. The molecule has 0 aromatic heterocycles. The van der Waals surface area contributed by atoms with Crippen molar-refractivity contribution in [1.82, 2.24) is 0 Å². The van der Waals surface area contributed by atoms with Gasteiger partial charge in [-0.2, -0.15) is 0 Å². The number of rotatable bonds is 5. The van der Waals surface area contributed by atoms with Gasteiger partial charge in [-0.1, -0.05) is 35.4 Å². The van der Waals surface area contributed by atoms with Gasteiger partial charge in [-0.15, -0.1) is 0 Å². The molecule has 0 aliphatic carbocycles. The van der Waals surface area contributed by atoms with E-state index in [-0.39, 0.29) is 11.5 Å². The van der Waals surface area contributed by atoms with Crippen molar-refractivity contribution >= 4 is 11.9 Å². The molecular formula is C16H13N3O2. The molecule has 0 atom stereocenters. The number of methoxy groups -OCH3 is 1. The first-order valence-electron chi connectivity index (χ1n) is 6.25. The molecule has 2 rings (SSSR count). The van der Waals surface area contributed by atoms with E-state index in [4.69, 9.17) is 10.3 Å². The molecule has 104 valence electrons. The van der Waals surface area contributed by atoms with E-state index in [0.29, 0.717) is 11.3 Å². The first-order chi connectivity index (χ1) is 10.2. The maximum atomic E-state index is 12.4. The molecular weight excluding hydrogens is 266 g/mol. The highest BCUT2D eigenvalue weighted by Gasteiger charge is 2.11. The Morgan fingerprint density at radius 3 is 2.38 bits per heavy atom. The van der Waals surface area contributed by atoms with Gasteiger partial charge in [0.25, 0.3) is 0 Å². The SMILES string of the molecule is COc1ccc(C(=O)C(=Cc2ccccc2)N=[N+]=[N-])cc1.